The van der Waals surface area contributed by atoms with Crippen LogP contribution in [0.2, 0.25) is 0 Å². The fourth-order valence-electron chi connectivity index (χ4n) is 3.97. The van der Waals surface area contributed by atoms with Gasteiger partial charge in [-0.2, -0.15) is 0 Å². The highest BCUT2D eigenvalue weighted by atomic mass is 16.5. The lowest BCUT2D eigenvalue weighted by Gasteiger charge is -2.33. The summed E-state index contributed by atoms with van der Waals surface area (Å²) in [6.45, 7) is 5.49. The average molecular weight is 408 g/mol. The number of hydrogen-bond acceptors (Lipinski definition) is 6. The van der Waals surface area contributed by atoms with Gasteiger partial charge in [-0.1, -0.05) is 24.3 Å². The predicted octanol–water partition coefficient (Wildman–Crippen LogP) is 2.31. The van der Waals surface area contributed by atoms with E-state index in [2.05, 4.69) is 5.32 Å². The third-order valence-electron chi connectivity index (χ3n) is 5.56. The Hall–Kier alpha value is -1.96. The van der Waals surface area contributed by atoms with Gasteiger partial charge in [-0.05, 0) is 30.9 Å². The zero-order valence-electron chi connectivity index (χ0n) is 17.9. The number of esters is 1. The van der Waals surface area contributed by atoms with E-state index in [4.69, 9.17) is 18.9 Å². The Morgan fingerprint density at radius 1 is 1.14 bits per heavy atom. The molecule has 1 aliphatic rings. The standard InChI is InChI=1S/C22H33NO6/c1-5-29-20(25)21(10-13-26-3,11-14-27-4)18-6-8-19(9-7-18)22(23-17(2)24)12-15-28-16-22/h6-9H,5,10-16H2,1-4H3,(H,23,24). The summed E-state index contributed by atoms with van der Waals surface area (Å²) >= 11 is 0. The molecule has 1 aromatic rings. The smallest absolute Gasteiger partial charge is 0.316 e. The van der Waals surface area contributed by atoms with E-state index in [1.807, 2.05) is 24.3 Å². The summed E-state index contributed by atoms with van der Waals surface area (Å²) < 4.78 is 21.6. The highest BCUT2D eigenvalue weighted by Crippen LogP contribution is 2.37. The van der Waals surface area contributed by atoms with Crippen LogP contribution < -0.4 is 5.32 Å². The molecule has 1 aromatic carbocycles. The molecule has 7 heteroatoms. The molecule has 0 aromatic heterocycles. The van der Waals surface area contributed by atoms with Gasteiger partial charge in [0.25, 0.3) is 0 Å². The van der Waals surface area contributed by atoms with Crippen LogP contribution in [-0.2, 0) is 39.5 Å². The van der Waals surface area contributed by atoms with Gasteiger partial charge < -0.3 is 24.3 Å². The van der Waals surface area contributed by atoms with E-state index in [9.17, 15) is 9.59 Å². The van der Waals surface area contributed by atoms with Crippen molar-refractivity contribution in [3.05, 3.63) is 35.4 Å². The van der Waals surface area contributed by atoms with E-state index < -0.39 is 11.0 Å². The molecule has 0 saturated carbocycles. The van der Waals surface area contributed by atoms with Gasteiger partial charge in [-0.3, -0.25) is 9.59 Å². The number of carbonyl (C=O) groups is 2. The van der Waals surface area contributed by atoms with Gasteiger partial charge in [0.2, 0.25) is 5.91 Å². The molecule has 0 bridgehead atoms. The number of rotatable bonds is 11. The summed E-state index contributed by atoms with van der Waals surface area (Å²) in [5.74, 6) is -0.372. The molecule has 1 amide bonds. The summed E-state index contributed by atoms with van der Waals surface area (Å²) in [5.41, 5.74) is 0.431. The van der Waals surface area contributed by atoms with Crippen LogP contribution in [0.25, 0.3) is 0 Å². The Bertz CT molecular complexity index is 658. The van der Waals surface area contributed by atoms with Crippen LogP contribution in [0.5, 0.6) is 0 Å². The van der Waals surface area contributed by atoms with Gasteiger partial charge in [0.05, 0.1) is 24.2 Å². The summed E-state index contributed by atoms with van der Waals surface area (Å²) in [6.07, 6.45) is 1.69. The Balaban J connectivity index is 2.42. The van der Waals surface area contributed by atoms with Crippen molar-refractivity contribution < 1.29 is 28.5 Å². The van der Waals surface area contributed by atoms with Crippen LogP contribution in [0.3, 0.4) is 0 Å². The summed E-state index contributed by atoms with van der Waals surface area (Å²) in [5, 5.41) is 3.05. The molecule has 1 unspecified atom stereocenters. The molecule has 1 aliphatic heterocycles. The Kier molecular flexibility index (Phi) is 8.61. The molecule has 0 spiro atoms. The quantitative estimate of drug-likeness (QED) is 0.567. The van der Waals surface area contributed by atoms with E-state index in [0.717, 1.165) is 11.1 Å². The second kappa shape index (κ2) is 10.7. The zero-order chi connectivity index (χ0) is 21.3. The molecule has 162 valence electrons. The minimum absolute atomic E-state index is 0.0966. The van der Waals surface area contributed by atoms with Crippen molar-refractivity contribution in [2.24, 2.45) is 0 Å². The second-order valence-corrected chi connectivity index (χ2v) is 7.43. The predicted molar refractivity (Wildman–Crippen MR) is 109 cm³/mol. The third kappa shape index (κ3) is 5.35. The fraction of sp³-hybridized carbons (Fsp3) is 0.636. The Morgan fingerprint density at radius 3 is 2.21 bits per heavy atom. The van der Waals surface area contributed by atoms with Crippen molar-refractivity contribution in [3.8, 4) is 0 Å². The molecule has 1 saturated heterocycles. The lowest BCUT2D eigenvalue weighted by atomic mass is 9.74. The maximum atomic E-state index is 13.0. The maximum Gasteiger partial charge on any atom is 0.316 e. The summed E-state index contributed by atoms with van der Waals surface area (Å²) in [7, 11) is 3.24. The first-order valence-electron chi connectivity index (χ1n) is 10.1. The minimum atomic E-state index is -0.853. The number of nitrogens with one attached hydrogen (secondary N) is 1. The van der Waals surface area contributed by atoms with Crippen LogP contribution >= 0.6 is 0 Å². The van der Waals surface area contributed by atoms with E-state index in [1.54, 1.807) is 21.1 Å². The molecule has 0 aliphatic carbocycles. The van der Waals surface area contributed by atoms with Crippen molar-refractivity contribution in [1.82, 2.24) is 5.32 Å². The van der Waals surface area contributed by atoms with Crippen LogP contribution in [0.15, 0.2) is 24.3 Å². The number of hydrogen-bond donors (Lipinski definition) is 1. The molecule has 1 fully saturated rings. The summed E-state index contributed by atoms with van der Waals surface area (Å²) in [6, 6.07) is 7.82. The van der Waals surface area contributed by atoms with Gasteiger partial charge in [-0.15, -0.1) is 0 Å². The Morgan fingerprint density at radius 2 is 1.76 bits per heavy atom. The van der Waals surface area contributed by atoms with Crippen molar-refractivity contribution in [1.29, 1.82) is 0 Å². The van der Waals surface area contributed by atoms with E-state index in [0.29, 0.717) is 52.3 Å². The largest absolute Gasteiger partial charge is 0.465 e. The van der Waals surface area contributed by atoms with Gasteiger partial charge in [-0.25, -0.2) is 0 Å². The van der Waals surface area contributed by atoms with Crippen LogP contribution in [0.1, 0.15) is 44.2 Å². The highest BCUT2D eigenvalue weighted by Gasteiger charge is 2.42. The van der Waals surface area contributed by atoms with Crippen molar-refractivity contribution in [3.63, 3.8) is 0 Å². The minimum Gasteiger partial charge on any atom is -0.465 e. The number of carbonyl (C=O) groups excluding carboxylic acids is 2. The van der Waals surface area contributed by atoms with Crippen LogP contribution in [0, 0.1) is 0 Å². The number of methoxy groups -OCH3 is 2. The third-order valence-corrected chi connectivity index (χ3v) is 5.56. The van der Waals surface area contributed by atoms with E-state index in [1.165, 1.54) is 6.92 Å². The van der Waals surface area contributed by atoms with Crippen LogP contribution in [-0.4, -0.2) is 59.1 Å². The summed E-state index contributed by atoms with van der Waals surface area (Å²) in [4.78, 5) is 24.8. The molecule has 1 N–H and O–H groups in total. The lowest BCUT2D eigenvalue weighted by Crippen LogP contribution is -2.45. The number of benzene rings is 1. The lowest BCUT2D eigenvalue weighted by molar-refractivity contribution is -0.152. The molecule has 1 atom stereocenters. The first kappa shape index (κ1) is 23.3. The van der Waals surface area contributed by atoms with Gasteiger partial charge in [0.1, 0.15) is 0 Å². The first-order chi connectivity index (χ1) is 13.9. The van der Waals surface area contributed by atoms with E-state index >= 15 is 0 Å². The van der Waals surface area contributed by atoms with E-state index in [-0.39, 0.29) is 11.9 Å². The average Bonchev–Trinajstić information content (AvgIpc) is 3.18. The maximum absolute atomic E-state index is 13.0. The molecule has 2 rings (SSSR count). The van der Waals surface area contributed by atoms with Gasteiger partial charge in [0, 0.05) is 47.4 Å². The van der Waals surface area contributed by atoms with Crippen molar-refractivity contribution in [2.75, 3.05) is 47.3 Å². The van der Waals surface area contributed by atoms with Crippen molar-refractivity contribution in [2.45, 2.75) is 44.1 Å². The van der Waals surface area contributed by atoms with Crippen LogP contribution in [0.4, 0.5) is 0 Å². The van der Waals surface area contributed by atoms with Crippen molar-refractivity contribution >= 4 is 11.9 Å². The molecule has 29 heavy (non-hydrogen) atoms. The highest BCUT2D eigenvalue weighted by molar-refractivity contribution is 5.83. The SMILES string of the molecule is CCOC(=O)C(CCOC)(CCOC)c1ccc(C2(NC(C)=O)CCOC2)cc1. The fourth-order valence-corrected chi connectivity index (χ4v) is 3.97. The van der Waals surface area contributed by atoms with Gasteiger partial charge >= 0.3 is 5.97 Å². The number of ether oxygens (including phenoxy) is 4. The molecular formula is C22H33NO6. The molecular weight excluding hydrogens is 374 g/mol. The second-order valence-electron chi connectivity index (χ2n) is 7.43. The monoisotopic (exact) mass is 407 g/mol. The molecule has 1 heterocycles. The normalized spacial score (nSPS) is 19.2. The number of amides is 1. The van der Waals surface area contributed by atoms with Gasteiger partial charge in [0.15, 0.2) is 0 Å². The molecule has 0 radical (unpaired) electrons. The topological polar surface area (TPSA) is 83.1 Å². The first-order valence-corrected chi connectivity index (χ1v) is 10.1. The Labute approximate surface area is 173 Å². The molecule has 7 nitrogen and oxygen atoms in total. The zero-order valence-corrected chi connectivity index (χ0v) is 17.9.